The second kappa shape index (κ2) is 15.5. The highest BCUT2D eigenvalue weighted by Gasteiger charge is 2.21. The molecule has 0 fully saturated rings. The highest BCUT2D eigenvalue weighted by Crippen LogP contribution is 2.46. The molecule has 0 saturated carbocycles. The summed E-state index contributed by atoms with van der Waals surface area (Å²) in [5.74, 6) is 1.83. The first-order valence-electron chi connectivity index (χ1n) is 12.8. The third-order valence-electron chi connectivity index (χ3n) is 5.79. The molecule has 0 aliphatic rings. The Bertz CT molecular complexity index is 1370. The van der Waals surface area contributed by atoms with Gasteiger partial charge in [-0.3, -0.25) is 4.68 Å². The molecule has 0 aliphatic heterocycles. The highest BCUT2D eigenvalue weighted by molar-refractivity contribution is 6.41. The van der Waals surface area contributed by atoms with Crippen molar-refractivity contribution in [1.29, 1.82) is 0 Å². The van der Waals surface area contributed by atoms with Crippen LogP contribution in [0.4, 0.5) is 11.6 Å². The molecule has 12 heteroatoms. The van der Waals surface area contributed by atoms with Crippen LogP contribution in [0.5, 0.6) is 11.5 Å². The lowest BCUT2D eigenvalue weighted by atomic mass is 10.1. The smallest absolute Gasteiger partial charge is 0.141 e. The number of benzene rings is 1. The van der Waals surface area contributed by atoms with Crippen LogP contribution in [0.1, 0.15) is 25.8 Å². The lowest BCUT2D eigenvalue weighted by Crippen LogP contribution is -2.05. The molecule has 40 heavy (non-hydrogen) atoms. The number of hydrogen-bond acceptors (Lipinski definition) is 9. The van der Waals surface area contributed by atoms with E-state index >= 15 is 0 Å². The average Bonchev–Trinajstić information content (AvgIpc) is 3.42. The Balaban J connectivity index is 0.000000663. The number of nitrogens with zero attached hydrogens (tertiary/aromatic N) is 4. The first-order valence-corrected chi connectivity index (χ1v) is 13.6. The van der Waals surface area contributed by atoms with Gasteiger partial charge < -0.3 is 30.0 Å². The van der Waals surface area contributed by atoms with Crippen LogP contribution in [-0.4, -0.2) is 60.9 Å². The second-order valence-corrected chi connectivity index (χ2v) is 9.38. The van der Waals surface area contributed by atoms with E-state index in [-0.39, 0.29) is 0 Å². The number of hydrogen-bond donors (Lipinski definition) is 2. The molecule has 10 nitrogen and oxygen atoms in total. The highest BCUT2D eigenvalue weighted by atomic mass is 35.5. The van der Waals surface area contributed by atoms with Gasteiger partial charge in [0.15, 0.2) is 0 Å². The zero-order chi connectivity index (χ0) is 29.1. The minimum absolute atomic E-state index is 0.328. The number of aromatic nitrogens is 4. The summed E-state index contributed by atoms with van der Waals surface area (Å²) in [7, 11) is 4.71. The van der Waals surface area contributed by atoms with Crippen molar-refractivity contribution in [3.8, 4) is 22.8 Å². The largest absolute Gasteiger partial charge is 0.495 e. The Kier molecular flexibility index (Phi) is 12.1. The molecule has 3 heterocycles. The molecule has 0 atom stereocenters. The van der Waals surface area contributed by atoms with Crippen molar-refractivity contribution in [3.05, 3.63) is 52.4 Å². The molecule has 3 N–H and O–H groups in total. The first kappa shape index (κ1) is 31.2. The number of nitrogens with one attached hydrogen (secondary N) is 1. The van der Waals surface area contributed by atoms with Crippen molar-refractivity contribution in [3.63, 3.8) is 0 Å². The lowest BCUT2D eigenvalue weighted by molar-refractivity contribution is 0.148. The van der Waals surface area contributed by atoms with Crippen LogP contribution in [0.25, 0.3) is 22.0 Å². The van der Waals surface area contributed by atoms with Crippen molar-refractivity contribution in [2.45, 2.75) is 33.4 Å². The van der Waals surface area contributed by atoms with Gasteiger partial charge in [-0.2, -0.15) is 5.10 Å². The third-order valence-corrected chi connectivity index (χ3v) is 6.54. The molecule has 3 aromatic heterocycles. The summed E-state index contributed by atoms with van der Waals surface area (Å²) in [5.41, 5.74) is 7.97. The fourth-order valence-corrected chi connectivity index (χ4v) is 4.51. The van der Waals surface area contributed by atoms with Crippen molar-refractivity contribution in [2.75, 3.05) is 52.2 Å². The zero-order valence-electron chi connectivity index (χ0n) is 23.5. The van der Waals surface area contributed by atoms with Gasteiger partial charge in [0.05, 0.1) is 49.3 Å². The molecule has 0 radical (unpaired) electrons. The molecule has 0 saturated heterocycles. The van der Waals surface area contributed by atoms with E-state index in [1.165, 1.54) is 14.2 Å². The van der Waals surface area contributed by atoms with Crippen LogP contribution in [0.2, 0.25) is 10.0 Å². The number of nitrogen functional groups attached to an aromatic ring is 1. The minimum atomic E-state index is 0.328. The molecule has 0 aliphatic carbocycles. The van der Waals surface area contributed by atoms with Crippen molar-refractivity contribution >= 4 is 45.6 Å². The number of nitrogens with two attached hydrogens (primary N) is 1. The average molecular weight is 592 g/mol. The summed E-state index contributed by atoms with van der Waals surface area (Å²) in [6, 6.07) is 5.26. The van der Waals surface area contributed by atoms with Crippen LogP contribution in [0, 0.1) is 0 Å². The maximum atomic E-state index is 6.64. The Labute approximate surface area is 244 Å². The minimum Gasteiger partial charge on any atom is -0.495 e. The van der Waals surface area contributed by atoms with E-state index in [0.29, 0.717) is 64.1 Å². The monoisotopic (exact) mass is 590 g/mol. The molecule has 4 rings (SSSR count). The van der Waals surface area contributed by atoms with Gasteiger partial charge >= 0.3 is 0 Å². The van der Waals surface area contributed by atoms with Gasteiger partial charge in [0.2, 0.25) is 0 Å². The Morgan fingerprint density at radius 2 is 1.70 bits per heavy atom. The van der Waals surface area contributed by atoms with E-state index in [4.69, 9.17) is 52.9 Å². The summed E-state index contributed by atoms with van der Waals surface area (Å²) < 4.78 is 22.7. The standard InChI is InChI=1S/C23H24Cl2N6O3.C5H12O/c1-32-5-4-31-12-13(10-29-31)9-28-23-15-7-19(26)27-11-14(15)6-16(30-23)20-21(24)17(33-2)8-18(34-3)22(20)25;1-3-5-6-4-2/h6-8,10-12H,4-5,9H2,1-3H3,(H2,26,27)(H,28,30);3-5H2,1-2H3. The fraction of sp³-hybridized carbons (Fsp3) is 0.393. The van der Waals surface area contributed by atoms with Crippen LogP contribution in [-0.2, 0) is 22.6 Å². The topological polar surface area (TPSA) is 119 Å². The number of halogens is 2. The predicted octanol–water partition coefficient (Wildman–Crippen LogP) is 6.09. The molecular formula is C28H36Cl2N6O4. The van der Waals surface area contributed by atoms with Crippen LogP contribution < -0.4 is 20.5 Å². The quantitative estimate of drug-likeness (QED) is 0.189. The molecule has 0 unspecified atom stereocenters. The molecule has 0 spiro atoms. The van der Waals surface area contributed by atoms with Crippen molar-refractivity contribution < 1.29 is 18.9 Å². The number of methoxy groups -OCH3 is 3. The van der Waals surface area contributed by atoms with Gasteiger partial charge in [-0.1, -0.05) is 30.1 Å². The van der Waals surface area contributed by atoms with E-state index in [2.05, 4.69) is 22.3 Å². The Morgan fingerprint density at radius 1 is 0.975 bits per heavy atom. The van der Waals surface area contributed by atoms with E-state index < -0.39 is 0 Å². The molecule has 0 bridgehead atoms. The van der Waals surface area contributed by atoms with Gasteiger partial charge in [-0.15, -0.1) is 0 Å². The van der Waals surface area contributed by atoms with E-state index in [1.807, 2.05) is 23.9 Å². The summed E-state index contributed by atoms with van der Waals surface area (Å²) in [6.45, 7) is 7.63. The maximum Gasteiger partial charge on any atom is 0.141 e. The maximum absolute atomic E-state index is 6.64. The van der Waals surface area contributed by atoms with Gasteiger partial charge in [-0.05, 0) is 25.5 Å². The summed E-state index contributed by atoms with van der Waals surface area (Å²) in [5, 5.41) is 10.0. The number of pyridine rings is 2. The van der Waals surface area contributed by atoms with Gasteiger partial charge in [0, 0.05) is 67.2 Å². The van der Waals surface area contributed by atoms with Gasteiger partial charge in [0.1, 0.15) is 23.1 Å². The van der Waals surface area contributed by atoms with Crippen molar-refractivity contribution in [2.24, 2.45) is 0 Å². The lowest BCUT2D eigenvalue weighted by Gasteiger charge is -2.16. The van der Waals surface area contributed by atoms with Crippen LogP contribution >= 0.6 is 23.2 Å². The van der Waals surface area contributed by atoms with Crippen LogP contribution in [0.3, 0.4) is 0 Å². The van der Waals surface area contributed by atoms with E-state index in [9.17, 15) is 0 Å². The third kappa shape index (κ3) is 7.88. The molecule has 1 aromatic carbocycles. The number of anilines is 2. The summed E-state index contributed by atoms with van der Waals surface area (Å²) >= 11 is 13.3. The first-order chi connectivity index (χ1) is 19.4. The second-order valence-electron chi connectivity index (χ2n) is 8.63. The Morgan fingerprint density at radius 3 is 2.30 bits per heavy atom. The SMILES string of the molecule is CCCOCC.COCCn1cc(CNc2nc(-c3c(Cl)c(OC)cc(OC)c3Cl)cc3cnc(N)cc23)cn1. The Hall–Kier alpha value is -3.31. The number of ether oxygens (including phenoxy) is 4. The predicted molar refractivity (Wildman–Crippen MR) is 161 cm³/mol. The molecule has 216 valence electrons. The summed E-state index contributed by atoms with van der Waals surface area (Å²) in [6.07, 6.45) is 6.57. The summed E-state index contributed by atoms with van der Waals surface area (Å²) in [4.78, 5) is 9.06. The van der Waals surface area contributed by atoms with Crippen LogP contribution in [0.15, 0.2) is 36.8 Å². The van der Waals surface area contributed by atoms with Gasteiger partial charge in [0.25, 0.3) is 0 Å². The van der Waals surface area contributed by atoms with Gasteiger partial charge in [-0.25, -0.2) is 9.97 Å². The van der Waals surface area contributed by atoms with Crippen molar-refractivity contribution in [1.82, 2.24) is 19.7 Å². The van der Waals surface area contributed by atoms with E-state index in [1.54, 1.807) is 31.6 Å². The normalized spacial score (nSPS) is 10.8. The molecule has 4 aromatic rings. The molecular weight excluding hydrogens is 555 g/mol. The van der Waals surface area contributed by atoms with E-state index in [0.717, 1.165) is 36.0 Å². The molecule has 0 amide bonds. The number of fused-ring (bicyclic) bond motifs is 1. The zero-order valence-corrected chi connectivity index (χ0v) is 25.0. The number of rotatable bonds is 12. The fourth-order valence-electron chi connectivity index (χ4n) is 3.82.